The number of carbonyl (C=O) groups is 1. The van der Waals surface area contributed by atoms with E-state index in [9.17, 15) is 9.36 Å². The van der Waals surface area contributed by atoms with E-state index in [4.69, 9.17) is 14.6 Å². The van der Waals surface area contributed by atoms with Crippen molar-refractivity contribution in [1.29, 1.82) is 0 Å². The lowest BCUT2D eigenvalue weighted by Crippen LogP contribution is -2.38. The number of amides is 1. The summed E-state index contributed by atoms with van der Waals surface area (Å²) in [6.07, 6.45) is 1.50. The molecule has 0 spiro atoms. The van der Waals surface area contributed by atoms with Gasteiger partial charge in [0, 0.05) is 13.1 Å². The molecule has 0 bridgehead atoms. The smallest absolute Gasteiger partial charge is 0.360 e. The normalized spacial score (nSPS) is 11.0. The highest BCUT2D eigenvalue weighted by Crippen LogP contribution is 2.49. The van der Waals surface area contributed by atoms with E-state index in [2.05, 4.69) is 4.79 Å². The van der Waals surface area contributed by atoms with Gasteiger partial charge in [0.2, 0.25) is 0 Å². The Balaban J connectivity index is 5.36. The fourth-order valence-corrected chi connectivity index (χ4v) is 3.19. The minimum absolute atomic E-state index is 0.0884. The van der Waals surface area contributed by atoms with Gasteiger partial charge < -0.3 is 19.5 Å². The first-order chi connectivity index (χ1) is 9.50. The molecule has 8 heteroatoms. The van der Waals surface area contributed by atoms with Crippen molar-refractivity contribution in [3.63, 3.8) is 0 Å². The van der Waals surface area contributed by atoms with E-state index in [1.807, 2.05) is 13.8 Å². The van der Waals surface area contributed by atoms with E-state index in [1.165, 1.54) is 4.90 Å². The number of carbonyl (C=O) groups excluding carboxylic acids is 1. The van der Waals surface area contributed by atoms with Crippen molar-refractivity contribution >= 4 is 19.0 Å². The molecule has 0 radical (unpaired) electrons. The van der Waals surface area contributed by atoms with Gasteiger partial charge in [-0.2, -0.15) is 4.79 Å². The molecule has 0 saturated heterocycles. The Bertz CT molecular complexity index is 392. The van der Waals surface area contributed by atoms with Crippen LogP contribution in [0.2, 0.25) is 0 Å². The maximum atomic E-state index is 12.5. The highest BCUT2D eigenvalue weighted by atomic mass is 31.2. The highest BCUT2D eigenvalue weighted by molar-refractivity contribution is 7.74. The number of hydrogen-bond donors (Lipinski definition) is 0. The Kier molecular flexibility index (Phi) is 9.34. The molecular weight excluding hydrogens is 281 g/mol. The SMILES string of the molecule is CCCN(CCC)C(=O)C(=[N+]=[N-])P(=O)(OCC)OCC. The van der Waals surface area contributed by atoms with Gasteiger partial charge >= 0.3 is 19.0 Å². The molecule has 0 aromatic heterocycles. The molecule has 0 N–H and O–H groups in total. The summed E-state index contributed by atoms with van der Waals surface area (Å²) in [5.74, 6) is -0.610. The van der Waals surface area contributed by atoms with Crippen LogP contribution in [0, 0.1) is 0 Å². The third kappa shape index (κ3) is 5.17. The molecule has 116 valence electrons. The zero-order chi connectivity index (χ0) is 15.6. The van der Waals surface area contributed by atoms with Gasteiger partial charge in [-0.25, -0.2) is 4.57 Å². The first kappa shape index (κ1) is 19.0. The number of rotatable bonds is 10. The average molecular weight is 305 g/mol. The molecule has 20 heavy (non-hydrogen) atoms. The van der Waals surface area contributed by atoms with Crippen molar-refractivity contribution in [3.8, 4) is 0 Å². The van der Waals surface area contributed by atoms with Gasteiger partial charge in [-0.1, -0.05) is 13.8 Å². The zero-order valence-electron chi connectivity index (χ0n) is 12.7. The largest absolute Gasteiger partial charge is 0.465 e. The third-order valence-corrected chi connectivity index (χ3v) is 4.41. The summed E-state index contributed by atoms with van der Waals surface area (Å²) in [6.45, 7) is 8.26. The summed E-state index contributed by atoms with van der Waals surface area (Å²) >= 11 is 0. The highest BCUT2D eigenvalue weighted by Gasteiger charge is 2.47. The Morgan fingerprint density at radius 1 is 1.10 bits per heavy atom. The lowest BCUT2D eigenvalue weighted by Gasteiger charge is -2.21. The van der Waals surface area contributed by atoms with Crippen LogP contribution in [0.4, 0.5) is 0 Å². The number of hydrogen-bond acceptors (Lipinski definition) is 4. The topological polar surface area (TPSA) is 92.2 Å². The van der Waals surface area contributed by atoms with Crippen LogP contribution in [0.5, 0.6) is 0 Å². The molecule has 0 aliphatic carbocycles. The average Bonchev–Trinajstić information content (AvgIpc) is 2.39. The molecule has 0 fully saturated rings. The van der Waals surface area contributed by atoms with E-state index in [0.29, 0.717) is 13.1 Å². The standard InChI is InChI=1S/C12H24N3O4P/c1-5-9-15(10-6-2)12(16)11(14-13)20(17,18-7-3)19-8-4/h5-10H2,1-4H3. The van der Waals surface area contributed by atoms with Gasteiger partial charge in [0.15, 0.2) is 0 Å². The lowest BCUT2D eigenvalue weighted by molar-refractivity contribution is -0.128. The summed E-state index contributed by atoms with van der Waals surface area (Å²) in [5.41, 5.74) is 8.53. The summed E-state index contributed by atoms with van der Waals surface area (Å²) < 4.78 is 22.6. The summed E-state index contributed by atoms with van der Waals surface area (Å²) in [6, 6.07) is 0. The van der Waals surface area contributed by atoms with E-state index in [-0.39, 0.29) is 13.2 Å². The maximum Gasteiger partial charge on any atom is 0.465 e. The van der Waals surface area contributed by atoms with Crippen LogP contribution in [0.1, 0.15) is 40.5 Å². The van der Waals surface area contributed by atoms with Gasteiger partial charge in [-0.05, 0) is 26.7 Å². The minimum Gasteiger partial charge on any atom is -0.360 e. The molecule has 0 heterocycles. The van der Waals surface area contributed by atoms with Crippen molar-refractivity contribution in [2.45, 2.75) is 40.5 Å². The van der Waals surface area contributed by atoms with Crippen molar-refractivity contribution in [2.75, 3.05) is 26.3 Å². The molecule has 0 aromatic rings. The van der Waals surface area contributed by atoms with Crippen LogP contribution >= 0.6 is 7.60 Å². The molecule has 0 aromatic carbocycles. The maximum absolute atomic E-state index is 12.5. The Hall–Kier alpha value is -1.00. The molecule has 7 nitrogen and oxygen atoms in total. The second-order valence-corrected chi connectivity index (χ2v) is 5.98. The molecule has 0 unspecified atom stereocenters. The van der Waals surface area contributed by atoms with Crippen molar-refractivity contribution < 1.29 is 23.2 Å². The van der Waals surface area contributed by atoms with Crippen LogP contribution in [0.25, 0.3) is 5.53 Å². The Labute approximate surface area is 120 Å². The van der Waals surface area contributed by atoms with Gasteiger partial charge in [-0.15, -0.1) is 0 Å². The molecular formula is C12H24N3O4P. The quantitative estimate of drug-likeness (QED) is 0.268. The monoisotopic (exact) mass is 305 g/mol. The fraction of sp³-hybridized carbons (Fsp3) is 0.833. The minimum atomic E-state index is -3.88. The zero-order valence-corrected chi connectivity index (χ0v) is 13.6. The predicted octanol–water partition coefficient (Wildman–Crippen LogP) is 2.53. The molecule has 0 aliphatic heterocycles. The lowest BCUT2D eigenvalue weighted by atomic mass is 10.3. The van der Waals surface area contributed by atoms with E-state index < -0.39 is 19.0 Å². The molecule has 1 amide bonds. The van der Waals surface area contributed by atoms with E-state index in [1.54, 1.807) is 13.8 Å². The van der Waals surface area contributed by atoms with Crippen LogP contribution in [0.15, 0.2) is 0 Å². The molecule has 0 rings (SSSR count). The van der Waals surface area contributed by atoms with Gasteiger partial charge in [0.1, 0.15) is 0 Å². The summed E-state index contributed by atoms with van der Waals surface area (Å²) in [7, 11) is -3.88. The van der Waals surface area contributed by atoms with Crippen LogP contribution in [-0.4, -0.2) is 47.4 Å². The first-order valence-corrected chi connectivity index (χ1v) is 8.45. The second kappa shape index (κ2) is 9.83. The number of nitrogens with zero attached hydrogens (tertiary/aromatic N) is 3. The third-order valence-electron chi connectivity index (χ3n) is 2.42. The predicted molar refractivity (Wildman–Crippen MR) is 76.6 cm³/mol. The van der Waals surface area contributed by atoms with Crippen molar-refractivity contribution in [2.24, 2.45) is 0 Å². The van der Waals surface area contributed by atoms with E-state index in [0.717, 1.165) is 12.8 Å². The fourth-order valence-electron chi connectivity index (χ4n) is 1.71. The van der Waals surface area contributed by atoms with Gasteiger partial charge in [-0.3, -0.25) is 4.79 Å². The summed E-state index contributed by atoms with van der Waals surface area (Å²) in [4.78, 5) is 16.7. The van der Waals surface area contributed by atoms with E-state index >= 15 is 0 Å². The summed E-state index contributed by atoms with van der Waals surface area (Å²) in [5, 5.41) is 0. The Morgan fingerprint density at radius 3 is 1.85 bits per heavy atom. The second-order valence-electron chi connectivity index (χ2n) is 4.05. The van der Waals surface area contributed by atoms with Crippen molar-refractivity contribution in [1.82, 2.24) is 4.90 Å². The first-order valence-electron chi connectivity index (χ1n) is 6.91. The van der Waals surface area contributed by atoms with Crippen LogP contribution < -0.4 is 0 Å². The van der Waals surface area contributed by atoms with Gasteiger partial charge in [0.05, 0.1) is 13.2 Å². The molecule has 0 aliphatic rings. The van der Waals surface area contributed by atoms with Crippen LogP contribution in [0.3, 0.4) is 0 Å². The van der Waals surface area contributed by atoms with Gasteiger partial charge in [0.25, 0.3) is 0 Å². The van der Waals surface area contributed by atoms with Crippen LogP contribution in [-0.2, 0) is 18.4 Å². The van der Waals surface area contributed by atoms with Crippen molar-refractivity contribution in [3.05, 3.63) is 5.53 Å². The molecule has 0 atom stereocenters. The molecule has 0 saturated carbocycles. The Morgan fingerprint density at radius 2 is 1.55 bits per heavy atom.